The van der Waals surface area contributed by atoms with E-state index in [1.807, 2.05) is 0 Å². The summed E-state index contributed by atoms with van der Waals surface area (Å²) in [7, 11) is -9.89. The average molecular weight is 1280 g/mol. The number of aliphatic hydroxyl groups excluding tert-OH is 1. The predicted molar refractivity (Wildman–Crippen MR) is 349 cm³/mol. The maximum atomic E-state index is 13.0. The normalized spacial score (nSPS) is 14.4. The third kappa shape index (κ3) is 61.3. The molecule has 0 rings (SSSR count). The average Bonchev–Trinajstić information content (AvgIpc) is 3.71. The Kier molecular flexibility index (Phi) is 60.2. The van der Waals surface area contributed by atoms with E-state index in [0.29, 0.717) is 25.7 Å². The number of rotatable bonds is 68. The molecule has 0 heterocycles. The lowest BCUT2D eigenvalue weighted by atomic mass is 9.99. The SMILES string of the molecule is CCCCCCCCCCCCCCCCC(=O)OC[C@H](COP(=O)(O)OC[C@@H](O)COP(=O)(O)OC[C@@H](COC(=O)CCCCCCC)OC(=O)CCCCCCCCCCCCCCCC)OC(=O)CCCCCCCCCCCCC(C)CC. The molecule has 0 fully saturated rings. The minimum Gasteiger partial charge on any atom is -0.462 e. The summed E-state index contributed by atoms with van der Waals surface area (Å²) in [6.07, 6.45) is 47.4. The summed E-state index contributed by atoms with van der Waals surface area (Å²) in [5, 5.41) is 10.5. The third-order valence-electron chi connectivity index (χ3n) is 16.1. The van der Waals surface area contributed by atoms with Gasteiger partial charge in [0, 0.05) is 25.7 Å². The molecule has 87 heavy (non-hydrogen) atoms. The maximum absolute atomic E-state index is 13.0. The van der Waals surface area contributed by atoms with Gasteiger partial charge < -0.3 is 33.8 Å². The molecule has 0 aliphatic heterocycles. The number of phosphoric acid groups is 2. The minimum absolute atomic E-state index is 0.107. The van der Waals surface area contributed by atoms with Crippen LogP contribution >= 0.6 is 15.6 Å². The van der Waals surface area contributed by atoms with Gasteiger partial charge in [0.05, 0.1) is 26.4 Å². The fourth-order valence-electron chi connectivity index (χ4n) is 10.3. The van der Waals surface area contributed by atoms with Gasteiger partial charge in [-0.25, -0.2) is 9.13 Å². The van der Waals surface area contributed by atoms with Crippen molar-refractivity contribution >= 4 is 39.5 Å². The van der Waals surface area contributed by atoms with Crippen LogP contribution in [0.15, 0.2) is 0 Å². The second-order valence-corrected chi connectivity index (χ2v) is 27.7. The van der Waals surface area contributed by atoms with Crippen LogP contribution in [-0.2, 0) is 65.4 Å². The number of carbonyl (C=O) groups is 4. The van der Waals surface area contributed by atoms with Crippen LogP contribution in [0.5, 0.6) is 0 Å². The molecule has 0 aromatic heterocycles. The lowest BCUT2D eigenvalue weighted by molar-refractivity contribution is -0.161. The fraction of sp³-hybridized carbons (Fsp3) is 0.941. The Hall–Kier alpha value is -1.94. The van der Waals surface area contributed by atoms with Crippen LogP contribution in [0.2, 0.25) is 0 Å². The Morgan fingerprint density at radius 1 is 0.322 bits per heavy atom. The topological polar surface area (TPSA) is 237 Å². The summed E-state index contributed by atoms with van der Waals surface area (Å²) in [6.45, 7) is 7.18. The molecule has 0 bridgehead atoms. The van der Waals surface area contributed by atoms with E-state index in [9.17, 15) is 43.2 Å². The molecule has 0 aliphatic carbocycles. The summed E-state index contributed by atoms with van der Waals surface area (Å²) < 4.78 is 68.0. The zero-order valence-corrected chi connectivity index (χ0v) is 57.9. The number of phosphoric ester groups is 2. The first-order chi connectivity index (χ1) is 42.1. The smallest absolute Gasteiger partial charge is 0.462 e. The number of hydrogen-bond donors (Lipinski definition) is 3. The zero-order valence-electron chi connectivity index (χ0n) is 56.2. The molecule has 6 atom stereocenters. The highest BCUT2D eigenvalue weighted by molar-refractivity contribution is 7.47. The Balaban J connectivity index is 5.16. The molecule has 0 saturated carbocycles. The van der Waals surface area contributed by atoms with E-state index in [-0.39, 0.29) is 25.7 Å². The highest BCUT2D eigenvalue weighted by Crippen LogP contribution is 2.45. The van der Waals surface area contributed by atoms with Gasteiger partial charge in [-0.1, -0.05) is 298 Å². The van der Waals surface area contributed by atoms with E-state index in [1.54, 1.807) is 0 Å². The monoisotopic (exact) mass is 1280 g/mol. The van der Waals surface area contributed by atoms with Gasteiger partial charge in [0.25, 0.3) is 0 Å². The summed E-state index contributed by atoms with van der Waals surface area (Å²) in [4.78, 5) is 72.2. The van der Waals surface area contributed by atoms with Crippen molar-refractivity contribution in [1.29, 1.82) is 0 Å². The molecule has 0 aromatic carbocycles. The molecule has 17 nitrogen and oxygen atoms in total. The second kappa shape index (κ2) is 61.6. The van der Waals surface area contributed by atoms with Crippen LogP contribution in [0.3, 0.4) is 0 Å². The second-order valence-electron chi connectivity index (χ2n) is 24.8. The van der Waals surface area contributed by atoms with Crippen molar-refractivity contribution < 1.29 is 80.2 Å². The molecule has 3 N–H and O–H groups in total. The molecule has 0 amide bonds. The van der Waals surface area contributed by atoms with Gasteiger partial charge in [-0.15, -0.1) is 0 Å². The molecule has 19 heteroatoms. The lowest BCUT2D eigenvalue weighted by Gasteiger charge is -2.21. The summed E-state index contributed by atoms with van der Waals surface area (Å²) in [6, 6.07) is 0. The predicted octanol–water partition coefficient (Wildman–Crippen LogP) is 19.4. The van der Waals surface area contributed by atoms with Crippen LogP contribution < -0.4 is 0 Å². The number of esters is 4. The van der Waals surface area contributed by atoms with Crippen LogP contribution in [0, 0.1) is 5.92 Å². The van der Waals surface area contributed by atoms with Gasteiger partial charge in [-0.2, -0.15) is 0 Å². The number of hydrogen-bond acceptors (Lipinski definition) is 15. The van der Waals surface area contributed by atoms with Crippen molar-refractivity contribution in [2.24, 2.45) is 5.92 Å². The van der Waals surface area contributed by atoms with Gasteiger partial charge in [-0.3, -0.25) is 37.3 Å². The van der Waals surface area contributed by atoms with E-state index in [2.05, 4.69) is 34.6 Å². The highest BCUT2D eigenvalue weighted by atomic mass is 31.2. The molecule has 0 saturated heterocycles. The molecule has 0 aromatic rings. The first-order valence-electron chi connectivity index (χ1n) is 35.7. The number of aliphatic hydroxyl groups is 1. The van der Waals surface area contributed by atoms with E-state index in [4.69, 9.17) is 37.0 Å². The van der Waals surface area contributed by atoms with E-state index >= 15 is 0 Å². The highest BCUT2D eigenvalue weighted by Gasteiger charge is 2.30. The molecule has 0 aliphatic rings. The quantitative estimate of drug-likeness (QED) is 0.0222. The van der Waals surface area contributed by atoms with Crippen molar-refractivity contribution in [2.45, 2.75) is 368 Å². The largest absolute Gasteiger partial charge is 0.472 e. The van der Waals surface area contributed by atoms with Gasteiger partial charge in [-0.05, 0) is 31.6 Å². The Bertz CT molecular complexity index is 1690. The molecular weight excluding hydrogens is 1150 g/mol. The standard InChI is InChI=1S/C68H132O17P2/c1-6-10-13-16-18-20-22-24-26-28-33-37-42-47-52-66(71)79-58-64(85-68(73)54-49-44-39-35-31-30-32-36-41-45-50-61(5)9-4)60-83-87(76,77)81-56-62(69)55-80-86(74,75)82-59-63(57-78-65(70)51-46-40-15-12-8-3)84-67(72)53-48-43-38-34-29-27-25-23-21-19-17-14-11-7-2/h61-64,69H,6-60H2,1-5H3,(H,74,75)(H,76,77)/t61?,62-,63+,64+/m0/s1. The summed E-state index contributed by atoms with van der Waals surface area (Å²) in [5.74, 6) is -1.33. The van der Waals surface area contributed by atoms with Gasteiger partial charge in [0.2, 0.25) is 0 Å². The Morgan fingerprint density at radius 3 is 0.816 bits per heavy atom. The maximum Gasteiger partial charge on any atom is 0.472 e. The van der Waals surface area contributed by atoms with E-state index < -0.39 is 97.5 Å². The van der Waals surface area contributed by atoms with Crippen molar-refractivity contribution in [2.75, 3.05) is 39.6 Å². The lowest BCUT2D eigenvalue weighted by Crippen LogP contribution is -2.30. The molecular formula is C68H132O17P2. The number of carbonyl (C=O) groups excluding carboxylic acids is 4. The Morgan fingerprint density at radius 2 is 0.552 bits per heavy atom. The molecule has 0 spiro atoms. The van der Waals surface area contributed by atoms with E-state index in [0.717, 1.165) is 102 Å². The van der Waals surface area contributed by atoms with Crippen LogP contribution in [0.1, 0.15) is 349 Å². The third-order valence-corrected chi connectivity index (χ3v) is 18.0. The van der Waals surface area contributed by atoms with Crippen LogP contribution in [-0.4, -0.2) is 96.7 Å². The van der Waals surface area contributed by atoms with Crippen molar-refractivity contribution in [3.63, 3.8) is 0 Å². The van der Waals surface area contributed by atoms with Gasteiger partial charge in [0.1, 0.15) is 19.3 Å². The van der Waals surface area contributed by atoms with Crippen molar-refractivity contribution in [1.82, 2.24) is 0 Å². The molecule has 516 valence electrons. The first kappa shape index (κ1) is 85.1. The molecule has 0 radical (unpaired) electrons. The van der Waals surface area contributed by atoms with Gasteiger partial charge >= 0.3 is 39.5 Å². The first-order valence-corrected chi connectivity index (χ1v) is 38.7. The van der Waals surface area contributed by atoms with Crippen LogP contribution in [0.4, 0.5) is 0 Å². The minimum atomic E-state index is -4.95. The van der Waals surface area contributed by atoms with Crippen LogP contribution in [0.25, 0.3) is 0 Å². The summed E-state index contributed by atoms with van der Waals surface area (Å²) in [5.41, 5.74) is 0. The zero-order chi connectivity index (χ0) is 64.2. The fourth-order valence-corrected chi connectivity index (χ4v) is 11.8. The van der Waals surface area contributed by atoms with Gasteiger partial charge in [0.15, 0.2) is 12.2 Å². The Labute approximate surface area is 530 Å². The van der Waals surface area contributed by atoms with Crippen molar-refractivity contribution in [3.8, 4) is 0 Å². The number of ether oxygens (including phenoxy) is 4. The molecule has 3 unspecified atom stereocenters. The van der Waals surface area contributed by atoms with Crippen molar-refractivity contribution in [3.05, 3.63) is 0 Å². The summed E-state index contributed by atoms with van der Waals surface area (Å²) >= 11 is 0. The number of unbranched alkanes of at least 4 members (excludes halogenated alkanes) is 39. The van der Waals surface area contributed by atoms with E-state index in [1.165, 1.54) is 167 Å².